The van der Waals surface area contributed by atoms with Gasteiger partial charge in [-0.2, -0.15) is 4.98 Å². The van der Waals surface area contributed by atoms with Crippen molar-refractivity contribution in [3.05, 3.63) is 58.1 Å². The van der Waals surface area contributed by atoms with Gasteiger partial charge < -0.3 is 28.4 Å². The Morgan fingerprint density at radius 2 is 1.63 bits per heavy atom. The number of nitrogens with one attached hydrogen (secondary N) is 1. The van der Waals surface area contributed by atoms with Crippen molar-refractivity contribution in [1.82, 2.24) is 9.55 Å². The predicted octanol–water partition coefficient (Wildman–Crippen LogP) is 6.20. The summed E-state index contributed by atoms with van der Waals surface area (Å²) in [4.78, 5) is 30.6. The molecule has 2 aromatic rings. The average Bonchev–Trinajstić information content (AvgIpc) is 3.05. The fourth-order valence-electron chi connectivity index (χ4n) is 4.66. The van der Waals surface area contributed by atoms with Crippen LogP contribution in [-0.4, -0.2) is 63.0 Å². The Labute approximate surface area is 257 Å². The quantitative estimate of drug-likeness (QED) is 0.343. The molecule has 1 unspecified atom stereocenters. The molecule has 2 aliphatic heterocycles. The van der Waals surface area contributed by atoms with Gasteiger partial charge in [-0.25, -0.2) is 4.79 Å². The van der Waals surface area contributed by atoms with Crippen LogP contribution in [0.2, 0.25) is 36.3 Å². The average molecular weight is 632 g/mol. The van der Waals surface area contributed by atoms with Gasteiger partial charge in [-0.05, 0) is 62.2 Å². The summed E-state index contributed by atoms with van der Waals surface area (Å²) in [7, 11) is -4.58. The Morgan fingerprint density at radius 3 is 2.21 bits per heavy atom. The topological polar surface area (TPSA) is 110 Å². The summed E-state index contributed by atoms with van der Waals surface area (Å²) in [6, 6.07) is 8.78. The predicted molar refractivity (Wildman–Crippen MR) is 171 cm³/mol. The van der Waals surface area contributed by atoms with Gasteiger partial charge in [0.2, 0.25) is 5.79 Å². The summed E-state index contributed by atoms with van der Waals surface area (Å²) in [5, 5.41) is 2.63. The lowest BCUT2D eigenvalue weighted by Gasteiger charge is -2.48. The largest absolute Gasteiger partial charge is 0.411 e. The van der Waals surface area contributed by atoms with E-state index >= 15 is 0 Å². The van der Waals surface area contributed by atoms with Crippen molar-refractivity contribution in [3.8, 4) is 0 Å². The molecule has 3 heterocycles. The highest BCUT2D eigenvalue weighted by Crippen LogP contribution is 2.50. The van der Waals surface area contributed by atoms with Gasteiger partial charge in [0.1, 0.15) is 18.0 Å². The van der Waals surface area contributed by atoms with Crippen LogP contribution in [0.1, 0.15) is 70.6 Å². The third-order valence-electron chi connectivity index (χ3n) is 9.39. The molecule has 1 N–H and O–H groups in total. The standard InChI is InChI=1S/C31H49N3O7Si2/c1-20-18-34(28(36)33-25(20)32-26(35)22-16-14-13-15-17-22)27-23-24(41-43(11,12)30(6,7)8)31(40-27,39-21(2)38-23)19-37-42(9,10)29(3,4)5/h13-18,21,23-24,27H,19H2,1-12H3,(H,32,33,35,36)/t21-,23+,24?,27-,31-/m1/s1. The van der Waals surface area contributed by atoms with Gasteiger partial charge in [-0.3, -0.25) is 9.36 Å². The molecule has 0 radical (unpaired) electrons. The first-order chi connectivity index (χ1) is 19.7. The molecular weight excluding hydrogens is 583 g/mol. The maximum Gasteiger partial charge on any atom is 0.351 e. The Bertz CT molecular complexity index is 1380. The molecule has 12 heteroatoms. The first kappa shape index (κ1) is 33.7. The molecule has 2 bridgehead atoms. The lowest BCUT2D eigenvalue weighted by molar-refractivity contribution is -0.347. The summed E-state index contributed by atoms with van der Waals surface area (Å²) in [6.07, 6.45) is -1.18. The van der Waals surface area contributed by atoms with E-state index in [4.69, 9.17) is 23.1 Å². The molecular formula is C31H49N3O7Si2. The van der Waals surface area contributed by atoms with Gasteiger partial charge in [-0.15, -0.1) is 0 Å². The molecule has 0 aliphatic carbocycles. The van der Waals surface area contributed by atoms with Crippen molar-refractivity contribution < 1.29 is 27.9 Å². The zero-order valence-electron chi connectivity index (χ0n) is 27.7. The zero-order valence-corrected chi connectivity index (χ0v) is 29.7. The van der Waals surface area contributed by atoms with E-state index in [1.807, 2.05) is 13.0 Å². The smallest absolute Gasteiger partial charge is 0.351 e. The van der Waals surface area contributed by atoms with E-state index in [9.17, 15) is 9.59 Å². The number of fused-ring (bicyclic) bond motifs is 2. The van der Waals surface area contributed by atoms with Crippen LogP contribution in [0.5, 0.6) is 0 Å². The summed E-state index contributed by atoms with van der Waals surface area (Å²) in [5.74, 6) is -1.46. The van der Waals surface area contributed by atoms with Gasteiger partial charge in [0.25, 0.3) is 5.91 Å². The number of carbonyl (C=O) groups excluding carboxylic acids is 1. The highest BCUT2D eigenvalue weighted by Gasteiger charge is 2.65. The van der Waals surface area contributed by atoms with Crippen LogP contribution in [-0.2, 0) is 23.1 Å². The van der Waals surface area contributed by atoms with Crippen molar-refractivity contribution in [2.24, 2.45) is 0 Å². The van der Waals surface area contributed by atoms with E-state index in [-0.39, 0.29) is 28.4 Å². The number of amides is 1. The fourth-order valence-corrected chi connectivity index (χ4v) is 6.96. The summed E-state index contributed by atoms with van der Waals surface area (Å²) in [5.41, 5.74) is 0.472. The van der Waals surface area contributed by atoms with Crippen LogP contribution in [0.3, 0.4) is 0 Å². The van der Waals surface area contributed by atoms with Gasteiger partial charge >= 0.3 is 5.69 Å². The number of benzene rings is 1. The minimum absolute atomic E-state index is 0.0361. The molecule has 238 valence electrons. The minimum atomic E-state index is -2.37. The number of carbonyl (C=O) groups is 1. The SMILES string of the molecule is Cc1cn([C@@H]2O[C@@]3(CO[Si](C)(C)C(C)(C)C)O[C@H](C)O[C@H]2C3O[Si](C)(C)C(C)(C)C)c(=O)nc1NC(=O)c1ccccc1. The van der Waals surface area contributed by atoms with E-state index in [0.717, 1.165) is 0 Å². The van der Waals surface area contributed by atoms with Gasteiger partial charge in [0.05, 0.1) is 6.61 Å². The number of anilines is 1. The molecule has 2 aliphatic rings. The number of ether oxygens (including phenoxy) is 3. The van der Waals surface area contributed by atoms with E-state index in [2.05, 4.69) is 78.0 Å². The third-order valence-corrected chi connectivity index (χ3v) is 18.3. The normalized spacial score (nSPS) is 26.4. The molecule has 2 fully saturated rings. The Hall–Kier alpha value is -2.20. The summed E-state index contributed by atoms with van der Waals surface area (Å²) < 4.78 is 34.6. The number of hydrogen-bond acceptors (Lipinski definition) is 8. The second kappa shape index (κ2) is 11.6. The number of hydrogen-bond donors (Lipinski definition) is 1. The van der Waals surface area contributed by atoms with Crippen LogP contribution in [0, 0.1) is 6.92 Å². The molecule has 5 atom stereocenters. The Kier molecular flexibility index (Phi) is 9.11. The molecule has 4 rings (SSSR count). The zero-order chi connectivity index (χ0) is 32.2. The highest BCUT2D eigenvalue weighted by atomic mass is 28.4. The summed E-state index contributed by atoms with van der Waals surface area (Å²) >= 11 is 0. The van der Waals surface area contributed by atoms with E-state index in [1.165, 1.54) is 4.57 Å². The van der Waals surface area contributed by atoms with Crippen LogP contribution < -0.4 is 11.0 Å². The maximum atomic E-state index is 13.5. The first-order valence-electron chi connectivity index (χ1n) is 15.0. The Balaban J connectivity index is 1.73. The molecule has 1 aromatic carbocycles. The van der Waals surface area contributed by atoms with Crippen molar-refractivity contribution >= 4 is 28.4 Å². The molecule has 0 spiro atoms. The lowest BCUT2D eigenvalue weighted by Crippen LogP contribution is -2.62. The van der Waals surface area contributed by atoms with Crippen LogP contribution in [0.4, 0.5) is 5.82 Å². The van der Waals surface area contributed by atoms with Crippen molar-refractivity contribution in [2.75, 3.05) is 11.9 Å². The monoisotopic (exact) mass is 631 g/mol. The van der Waals surface area contributed by atoms with E-state index in [0.29, 0.717) is 11.1 Å². The van der Waals surface area contributed by atoms with Crippen LogP contribution in [0.25, 0.3) is 0 Å². The van der Waals surface area contributed by atoms with Gasteiger partial charge in [-0.1, -0.05) is 59.7 Å². The van der Waals surface area contributed by atoms with Crippen molar-refractivity contribution in [2.45, 2.75) is 122 Å². The second-order valence-electron chi connectivity index (χ2n) is 14.7. The molecule has 1 aromatic heterocycles. The molecule has 1 amide bonds. The second-order valence-corrected chi connectivity index (χ2v) is 24.3. The summed E-state index contributed by atoms with van der Waals surface area (Å²) in [6.45, 7) is 25.5. The first-order valence-corrected chi connectivity index (χ1v) is 20.8. The third kappa shape index (κ3) is 6.75. The Morgan fingerprint density at radius 1 is 1.02 bits per heavy atom. The number of rotatable bonds is 8. The molecule has 2 saturated heterocycles. The highest BCUT2D eigenvalue weighted by molar-refractivity contribution is 6.74. The number of aromatic nitrogens is 2. The van der Waals surface area contributed by atoms with Crippen LogP contribution >= 0.6 is 0 Å². The van der Waals surface area contributed by atoms with Crippen molar-refractivity contribution in [3.63, 3.8) is 0 Å². The van der Waals surface area contributed by atoms with E-state index < -0.39 is 52.8 Å². The van der Waals surface area contributed by atoms with Gasteiger partial charge in [0, 0.05) is 17.3 Å². The van der Waals surface area contributed by atoms with E-state index in [1.54, 1.807) is 37.4 Å². The van der Waals surface area contributed by atoms with Gasteiger partial charge in [0.15, 0.2) is 29.2 Å². The van der Waals surface area contributed by atoms with Crippen molar-refractivity contribution in [1.29, 1.82) is 0 Å². The number of aryl methyl sites for hydroxylation is 1. The minimum Gasteiger partial charge on any atom is -0.411 e. The molecule has 10 nitrogen and oxygen atoms in total. The maximum absolute atomic E-state index is 13.5. The molecule has 0 saturated carbocycles. The molecule has 43 heavy (non-hydrogen) atoms. The fraction of sp³-hybridized carbons (Fsp3) is 0.645. The lowest BCUT2D eigenvalue weighted by atomic mass is 10.1. The van der Waals surface area contributed by atoms with Crippen LogP contribution in [0.15, 0.2) is 41.3 Å². The number of nitrogens with zero attached hydrogens (tertiary/aromatic N) is 2.